The van der Waals surface area contributed by atoms with Gasteiger partial charge in [0.1, 0.15) is 0 Å². The van der Waals surface area contributed by atoms with Gasteiger partial charge in [0.2, 0.25) is 0 Å². The number of amides is 2. The topological polar surface area (TPSA) is 82.4 Å². The molecule has 1 aromatic carbocycles. The first-order chi connectivity index (χ1) is 12.6. The predicted molar refractivity (Wildman–Crippen MR) is 98.9 cm³/mol. The highest BCUT2D eigenvalue weighted by Crippen LogP contribution is 2.18. The Kier molecular flexibility index (Phi) is 4.50. The van der Waals surface area contributed by atoms with Crippen LogP contribution in [0.5, 0.6) is 0 Å². The van der Waals surface area contributed by atoms with Crippen molar-refractivity contribution in [3.05, 3.63) is 52.7 Å². The van der Waals surface area contributed by atoms with E-state index in [9.17, 15) is 9.59 Å². The van der Waals surface area contributed by atoms with Gasteiger partial charge < -0.3 is 19.2 Å². The van der Waals surface area contributed by atoms with E-state index in [1.807, 2.05) is 12.1 Å². The van der Waals surface area contributed by atoms with Crippen molar-refractivity contribution in [1.82, 2.24) is 19.8 Å². The summed E-state index contributed by atoms with van der Waals surface area (Å²) in [7, 11) is 0. The van der Waals surface area contributed by atoms with Crippen molar-refractivity contribution in [3.8, 4) is 0 Å². The lowest BCUT2D eigenvalue weighted by Gasteiger charge is -2.21. The van der Waals surface area contributed by atoms with E-state index in [0.29, 0.717) is 42.2 Å². The van der Waals surface area contributed by atoms with Crippen LogP contribution in [0.1, 0.15) is 27.3 Å². The van der Waals surface area contributed by atoms with Crippen molar-refractivity contribution in [3.63, 3.8) is 0 Å². The van der Waals surface area contributed by atoms with E-state index in [1.165, 1.54) is 0 Å². The molecule has 0 spiro atoms. The van der Waals surface area contributed by atoms with E-state index in [0.717, 1.165) is 17.5 Å². The zero-order valence-corrected chi connectivity index (χ0v) is 15.5. The number of aromatic nitrogens is 2. The fourth-order valence-electron chi connectivity index (χ4n) is 3.16. The number of furan rings is 1. The number of nitrogens with zero attached hydrogens (tertiary/aromatic N) is 3. The second-order valence-electron chi connectivity index (χ2n) is 6.18. The molecule has 1 aliphatic heterocycles. The normalized spacial score (nSPS) is 15.3. The van der Waals surface area contributed by atoms with Crippen LogP contribution < -0.4 is 0 Å². The number of benzene rings is 1. The summed E-state index contributed by atoms with van der Waals surface area (Å²) in [6.07, 6.45) is 2.34. The molecule has 7 nitrogen and oxygen atoms in total. The van der Waals surface area contributed by atoms with Gasteiger partial charge in [-0.05, 0) is 52.7 Å². The number of halogens is 1. The molecule has 2 amide bonds. The molecule has 1 saturated heterocycles. The van der Waals surface area contributed by atoms with Gasteiger partial charge in [-0.25, -0.2) is 4.98 Å². The Morgan fingerprint density at radius 3 is 2.54 bits per heavy atom. The van der Waals surface area contributed by atoms with Crippen LogP contribution >= 0.6 is 15.9 Å². The Morgan fingerprint density at radius 1 is 1.04 bits per heavy atom. The number of carbonyl (C=O) groups is 2. The number of carbonyl (C=O) groups excluding carboxylic acids is 2. The summed E-state index contributed by atoms with van der Waals surface area (Å²) < 4.78 is 5.88. The number of hydrogen-bond donors (Lipinski definition) is 1. The highest BCUT2D eigenvalue weighted by molar-refractivity contribution is 9.10. The molecule has 1 N–H and O–H groups in total. The van der Waals surface area contributed by atoms with E-state index in [1.54, 1.807) is 34.3 Å². The van der Waals surface area contributed by atoms with Gasteiger partial charge in [0.25, 0.3) is 11.8 Å². The van der Waals surface area contributed by atoms with Crippen molar-refractivity contribution in [2.75, 3.05) is 26.2 Å². The van der Waals surface area contributed by atoms with Gasteiger partial charge in [-0.15, -0.1) is 0 Å². The number of imidazole rings is 1. The van der Waals surface area contributed by atoms with Crippen LogP contribution in [-0.4, -0.2) is 57.8 Å². The minimum absolute atomic E-state index is 0.0310. The quantitative estimate of drug-likeness (QED) is 0.695. The number of hydrogen-bond acceptors (Lipinski definition) is 4. The van der Waals surface area contributed by atoms with Crippen LogP contribution in [0.25, 0.3) is 11.0 Å². The molecule has 0 saturated carbocycles. The molecule has 0 aliphatic carbocycles. The zero-order chi connectivity index (χ0) is 18.1. The zero-order valence-electron chi connectivity index (χ0n) is 13.9. The summed E-state index contributed by atoms with van der Waals surface area (Å²) in [6.45, 7) is 2.19. The third-order valence-corrected chi connectivity index (χ3v) is 4.95. The fourth-order valence-corrected chi connectivity index (χ4v) is 3.47. The number of rotatable bonds is 2. The van der Waals surface area contributed by atoms with Crippen molar-refractivity contribution in [1.29, 1.82) is 0 Å². The van der Waals surface area contributed by atoms with Gasteiger partial charge in [0, 0.05) is 31.7 Å². The molecule has 3 heterocycles. The van der Waals surface area contributed by atoms with Crippen LogP contribution in [0, 0.1) is 0 Å². The number of H-pyrrole nitrogens is 1. The standard InChI is InChI=1S/C18H17BrN4O3/c19-16-5-4-15(26-16)18(25)23-7-1-6-22(8-9-23)17(24)12-2-3-13-14(10-12)21-11-20-13/h2-5,10-11H,1,6-9H2,(H,20,21). The van der Waals surface area contributed by atoms with E-state index >= 15 is 0 Å². The summed E-state index contributed by atoms with van der Waals surface area (Å²) in [4.78, 5) is 36.1. The molecular weight excluding hydrogens is 400 g/mol. The maximum absolute atomic E-state index is 12.8. The van der Waals surface area contributed by atoms with E-state index in [2.05, 4.69) is 25.9 Å². The van der Waals surface area contributed by atoms with Gasteiger partial charge in [-0.1, -0.05) is 0 Å². The molecule has 3 aromatic rings. The molecular formula is C18H17BrN4O3. The first-order valence-electron chi connectivity index (χ1n) is 8.39. The lowest BCUT2D eigenvalue weighted by atomic mass is 10.1. The summed E-state index contributed by atoms with van der Waals surface area (Å²) in [5.41, 5.74) is 2.29. The van der Waals surface area contributed by atoms with Gasteiger partial charge in [0.05, 0.1) is 17.4 Å². The second kappa shape index (κ2) is 6.95. The Labute approximate surface area is 158 Å². The molecule has 1 fully saturated rings. The molecule has 2 aromatic heterocycles. The molecule has 26 heavy (non-hydrogen) atoms. The van der Waals surface area contributed by atoms with Gasteiger partial charge in [0.15, 0.2) is 10.4 Å². The van der Waals surface area contributed by atoms with Crippen LogP contribution in [0.4, 0.5) is 0 Å². The largest absolute Gasteiger partial charge is 0.444 e. The summed E-state index contributed by atoms with van der Waals surface area (Å²) in [5.74, 6) is 0.127. The Bertz CT molecular complexity index is 964. The number of nitrogens with one attached hydrogen (secondary N) is 1. The highest BCUT2D eigenvalue weighted by Gasteiger charge is 2.25. The summed E-state index contributed by atoms with van der Waals surface area (Å²) in [5, 5.41) is 0. The highest BCUT2D eigenvalue weighted by atomic mass is 79.9. The minimum Gasteiger partial charge on any atom is -0.444 e. The molecule has 8 heteroatoms. The average Bonchev–Trinajstić information content (AvgIpc) is 3.22. The lowest BCUT2D eigenvalue weighted by Crippen LogP contribution is -2.37. The molecule has 0 bridgehead atoms. The molecule has 0 radical (unpaired) electrons. The average molecular weight is 417 g/mol. The van der Waals surface area contributed by atoms with E-state index in [4.69, 9.17) is 4.42 Å². The van der Waals surface area contributed by atoms with Crippen LogP contribution in [-0.2, 0) is 0 Å². The Hall–Kier alpha value is -2.61. The van der Waals surface area contributed by atoms with Crippen LogP contribution in [0.2, 0.25) is 0 Å². The van der Waals surface area contributed by atoms with Crippen molar-refractivity contribution < 1.29 is 14.0 Å². The van der Waals surface area contributed by atoms with E-state index < -0.39 is 0 Å². The smallest absolute Gasteiger partial charge is 0.289 e. The molecule has 0 atom stereocenters. The summed E-state index contributed by atoms with van der Waals surface area (Å²) in [6, 6.07) is 8.80. The second-order valence-corrected chi connectivity index (χ2v) is 6.96. The number of fused-ring (bicyclic) bond motifs is 1. The first kappa shape index (κ1) is 16.8. The van der Waals surface area contributed by atoms with E-state index in [-0.39, 0.29) is 11.8 Å². The predicted octanol–water partition coefficient (Wildman–Crippen LogP) is 2.91. The van der Waals surface area contributed by atoms with Crippen molar-refractivity contribution in [2.45, 2.75) is 6.42 Å². The minimum atomic E-state index is -0.149. The van der Waals surface area contributed by atoms with Crippen molar-refractivity contribution in [2.24, 2.45) is 0 Å². The maximum Gasteiger partial charge on any atom is 0.289 e. The first-order valence-corrected chi connectivity index (χ1v) is 9.18. The number of aromatic amines is 1. The summed E-state index contributed by atoms with van der Waals surface area (Å²) >= 11 is 3.21. The fraction of sp³-hybridized carbons (Fsp3) is 0.278. The maximum atomic E-state index is 12.8. The molecule has 1 aliphatic rings. The SMILES string of the molecule is O=C(c1ccc2nc[nH]c2c1)N1CCCN(C(=O)c2ccc(Br)o2)CC1. The molecule has 134 valence electrons. The Morgan fingerprint density at radius 2 is 1.81 bits per heavy atom. The van der Waals surface area contributed by atoms with Crippen LogP contribution in [0.15, 0.2) is 45.7 Å². The lowest BCUT2D eigenvalue weighted by molar-refractivity contribution is 0.0699. The van der Waals surface area contributed by atoms with Gasteiger partial charge >= 0.3 is 0 Å². The van der Waals surface area contributed by atoms with Crippen LogP contribution in [0.3, 0.4) is 0 Å². The third kappa shape index (κ3) is 3.24. The monoisotopic (exact) mass is 416 g/mol. The van der Waals surface area contributed by atoms with Gasteiger partial charge in [-0.3, -0.25) is 9.59 Å². The van der Waals surface area contributed by atoms with Gasteiger partial charge in [-0.2, -0.15) is 0 Å². The molecule has 0 unspecified atom stereocenters. The van der Waals surface area contributed by atoms with Crippen molar-refractivity contribution >= 4 is 38.8 Å². The molecule has 4 rings (SSSR count). The third-order valence-electron chi connectivity index (χ3n) is 4.52. The Balaban J connectivity index is 1.45.